The van der Waals surface area contributed by atoms with Crippen LogP contribution in [0.5, 0.6) is 0 Å². The van der Waals surface area contributed by atoms with Crippen molar-refractivity contribution in [1.29, 1.82) is 0 Å². The zero-order chi connectivity index (χ0) is 15.4. The first-order valence-corrected chi connectivity index (χ1v) is 7.82. The van der Waals surface area contributed by atoms with Gasteiger partial charge in [0.25, 0.3) is 0 Å². The molecule has 1 aromatic heterocycles. The van der Waals surface area contributed by atoms with Crippen LogP contribution in [-0.2, 0) is 11.2 Å². The van der Waals surface area contributed by atoms with Gasteiger partial charge in [0.2, 0.25) is 5.91 Å². The third kappa shape index (κ3) is 3.50. The highest BCUT2D eigenvalue weighted by Gasteiger charge is 2.24. The first kappa shape index (κ1) is 14.7. The lowest BCUT2D eigenvalue weighted by Crippen LogP contribution is -2.37. The predicted octanol–water partition coefficient (Wildman–Crippen LogP) is 2.79. The zero-order valence-electron chi connectivity index (χ0n) is 12.9. The van der Waals surface area contributed by atoms with Gasteiger partial charge in [0, 0.05) is 44.7 Å². The maximum absolute atomic E-state index is 11.6. The Kier molecular flexibility index (Phi) is 4.47. The number of hydrogen-bond donors (Lipinski definition) is 0. The van der Waals surface area contributed by atoms with Crippen LogP contribution in [0, 0.1) is 0 Å². The highest BCUT2D eigenvalue weighted by atomic mass is 16.2. The summed E-state index contributed by atoms with van der Waals surface area (Å²) in [5, 5.41) is 0. The van der Waals surface area contributed by atoms with Gasteiger partial charge in [0.05, 0.1) is 11.4 Å². The molecule has 1 aliphatic heterocycles. The van der Waals surface area contributed by atoms with Crippen molar-refractivity contribution >= 4 is 5.91 Å². The Hall–Kier alpha value is -2.23. The van der Waals surface area contributed by atoms with Crippen molar-refractivity contribution in [2.75, 3.05) is 13.1 Å². The Morgan fingerprint density at radius 3 is 2.86 bits per heavy atom. The second-order valence-electron chi connectivity index (χ2n) is 5.90. The quantitative estimate of drug-likeness (QED) is 0.874. The van der Waals surface area contributed by atoms with Gasteiger partial charge in [-0.25, -0.2) is 0 Å². The molecule has 4 heteroatoms. The van der Waals surface area contributed by atoms with Gasteiger partial charge >= 0.3 is 0 Å². The van der Waals surface area contributed by atoms with Gasteiger partial charge < -0.3 is 4.90 Å². The fourth-order valence-corrected chi connectivity index (χ4v) is 3.01. The van der Waals surface area contributed by atoms with E-state index in [9.17, 15) is 4.79 Å². The number of amides is 1. The molecule has 3 rings (SSSR count). The summed E-state index contributed by atoms with van der Waals surface area (Å²) in [4.78, 5) is 22.6. The molecule has 1 saturated heterocycles. The first-order chi connectivity index (χ1) is 10.7. The lowest BCUT2D eigenvalue weighted by Gasteiger charge is -2.31. The van der Waals surface area contributed by atoms with E-state index in [1.54, 1.807) is 6.92 Å². The number of likely N-dealkylation sites (tertiary alicyclic amines) is 1. The summed E-state index contributed by atoms with van der Waals surface area (Å²) in [7, 11) is 0. The topological polar surface area (TPSA) is 46.1 Å². The van der Waals surface area contributed by atoms with Crippen LogP contribution < -0.4 is 0 Å². The van der Waals surface area contributed by atoms with E-state index >= 15 is 0 Å². The smallest absolute Gasteiger partial charge is 0.219 e. The second kappa shape index (κ2) is 6.69. The molecule has 0 aliphatic carbocycles. The molecule has 0 radical (unpaired) electrons. The lowest BCUT2D eigenvalue weighted by molar-refractivity contribution is -0.130. The van der Waals surface area contributed by atoms with E-state index in [4.69, 9.17) is 4.98 Å². The van der Waals surface area contributed by atoms with E-state index in [0.29, 0.717) is 5.92 Å². The average Bonchev–Trinajstić information content (AvgIpc) is 2.56. The number of piperidine rings is 1. The van der Waals surface area contributed by atoms with E-state index in [1.165, 1.54) is 5.56 Å². The molecule has 1 atom stereocenters. The third-order valence-corrected chi connectivity index (χ3v) is 4.22. The van der Waals surface area contributed by atoms with E-state index in [1.807, 2.05) is 35.5 Å². The summed E-state index contributed by atoms with van der Waals surface area (Å²) in [5.41, 5.74) is 3.24. The Morgan fingerprint density at radius 1 is 1.27 bits per heavy atom. The van der Waals surface area contributed by atoms with Crippen molar-refractivity contribution in [3.63, 3.8) is 0 Å². The van der Waals surface area contributed by atoms with Crippen molar-refractivity contribution in [1.82, 2.24) is 14.9 Å². The van der Waals surface area contributed by atoms with E-state index < -0.39 is 0 Å². The molecule has 1 amide bonds. The molecule has 0 spiro atoms. The molecule has 2 heterocycles. The molecule has 1 fully saturated rings. The predicted molar refractivity (Wildman–Crippen MR) is 85.5 cm³/mol. The SMILES string of the molecule is CC(=O)N1CCCC(c2cncc(Cc3ccccc3)n2)C1. The minimum absolute atomic E-state index is 0.151. The van der Waals surface area contributed by atoms with Crippen LogP contribution in [0.25, 0.3) is 0 Å². The van der Waals surface area contributed by atoms with Gasteiger partial charge in [-0.05, 0) is 18.4 Å². The molecule has 4 nitrogen and oxygen atoms in total. The van der Waals surface area contributed by atoms with Gasteiger partial charge in [-0.2, -0.15) is 0 Å². The van der Waals surface area contributed by atoms with Gasteiger partial charge in [-0.3, -0.25) is 14.8 Å². The molecule has 2 aromatic rings. The Bertz CT molecular complexity index is 642. The van der Waals surface area contributed by atoms with Crippen LogP contribution in [-0.4, -0.2) is 33.9 Å². The summed E-state index contributed by atoms with van der Waals surface area (Å²) >= 11 is 0. The molecule has 0 N–H and O–H groups in total. The molecule has 1 unspecified atom stereocenters. The van der Waals surface area contributed by atoms with Crippen LogP contribution in [0.1, 0.15) is 42.6 Å². The van der Waals surface area contributed by atoms with Crippen LogP contribution in [0.2, 0.25) is 0 Å². The zero-order valence-corrected chi connectivity index (χ0v) is 12.9. The number of nitrogens with zero attached hydrogens (tertiary/aromatic N) is 3. The molecule has 22 heavy (non-hydrogen) atoms. The van der Waals surface area contributed by atoms with E-state index in [2.05, 4.69) is 17.1 Å². The maximum Gasteiger partial charge on any atom is 0.219 e. The van der Waals surface area contributed by atoms with Crippen molar-refractivity contribution in [3.8, 4) is 0 Å². The normalized spacial score (nSPS) is 18.2. The number of carbonyl (C=O) groups excluding carboxylic acids is 1. The van der Waals surface area contributed by atoms with Crippen LogP contribution in [0.4, 0.5) is 0 Å². The Labute approximate surface area is 131 Å². The first-order valence-electron chi connectivity index (χ1n) is 7.82. The average molecular weight is 295 g/mol. The van der Waals surface area contributed by atoms with Crippen molar-refractivity contribution in [2.24, 2.45) is 0 Å². The van der Waals surface area contributed by atoms with Crippen LogP contribution >= 0.6 is 0 Å². The molecular weight excluding hydrogens is 274 g/mol. The summed E-state index contributed by atoms with van der Waals surface area (Å²) in [5.74, 6) is 0.457. The van der Waals surface area contributed by atoms with E-state index in [-0.39, 0.29) is 5.91 Å². The molecule has 0 bridgehead atoms. The van der Waals surface area contributed by atoms with Gasteiger partial charge in [0.15, 0.2) is 0 Å². The van der Waals surface area contributed by atoms with Gasteiger partial charge in [0.1, 0.15) is 0 Å². The van der Waals surface area contributed by atoms with E-state index in [0.717, 1.165) is 43.7 Å². The maximum atomic E-state index is 11.6. The Morgan fingerprint density at radius 2 is 2.09 bits per heavy atom. The number of rotatable bonds is 3. The summed E-state index contributed by atoms with van der Waals surface area (Å²) in [6.45, 7) is 3.27. The number of benzene rings is 1. The summed E-state index contributed by atoms with van der Waals surface area (Å²) < 4.78 is 0. The largest absolute Gasteiger partial charge is 0.342 e. The molecule has 114 valence electrons. The van der Waals surface area contributed by atoms with Crippen LogP contribution in [0.15, 0.2) is 42.7 Å². The van der Waals surface area contributed by atoms with Crippen molar-refractivity contribution < 1.29 is 4.79 Å². The molecule has 0 saturated carbocycles. The number of hydrogen-bond acceptors (Lipinski definition) is 3. The van der Waals surface area contributed by atoms with Crippen LogP contribution in [0.3, 0.4) is 0 Å². The monoisotopic (exact) mass is 295 g/mol. The minimum Gasteiger partial charge on any atom is -0.342 e. The molecular formula is C18H21N3O. The molecule has 1 aliphatic rings. The minimum atomic E-state index is 0.151. The fraction of sp³-hybridized carbons (Fsp3) is 0.389. The number of carbonyl (C=O) groups is 1. The third-order valence-electron chi connectivity index (χ3n) is 4.22. The summed E-state index contributed by atoms with van der Waals surface area (Å²) in [6, 6.07) is 10.3. The van der Waals surface area contributed by atoms with Crippen molar-refractivity contribution in [2.45, 2.75) is 32.1 Å². The fourth-order valence-electron chi connectivity index (χ4n) is 3.01. The standard InChI is InChI=1S/C18H21N3O/c1-14(22)21-9-5-8-16(13-21)18-12-19-11-17(20-18)10-15-6-3-2-4-7-15/h2-4,6-7,11-12,16H,5,8-10,13H2,1H3. The highest BCUT2D eigenvalue weighted by Crippen LogP contribution is 2.25. The lowest BCUT2D eigenvalue weighted by atomic mass is 9.95. The van der Waals surface area contributed by atoms with Gasteiger partial charge in [-0.1, -0.05) is 30.3 Å². The second-order valence-corrected chi connectivity index (χ2v) is 5.90. The molecule has 1 aromatic carbocycles. The highest BCUT2D eigenvalue weighted by molar-refractivity contribution is 5.73. The summed E-state index contributed by atoms with van der Waals surface area (Å²) in [6.07, 6.45) is 6.60. The van der Waals surface area contributed by atoms with Crippen molar-refractivity contribution in [3.05, 3.63) is 59.7 Å². The number of aromatic nitrogens is 2. The Balaban J connectivity index is 1.75. The van der Waals surface area contributed by atoms with Gasteiger partial charge in [-0.15, -0.1) is 0 Å².